The second-order valence-corrected chi connectivity index (χ2v) is 4.69. The number of nitrogens with zero attached hydrogens (tertiary/aromatic N) is 1. The normalized spacial score (nSPS) is 11.2. The van der Waals surface area contributed by atoms with Gasteiger partial charge in [0.05, 0.1) is 0 Å². The Balaban J connectivity index is 2.31. The molecule has 4 nitrogen and oxygen atoms in total. The molecule has 21 heavy (non-hydrogen) atoms. The molecule has 0 fully saturated rings. The van der Waals surface area contributed by atoms with Gasteiger partial charge in [0.25, 0.3) is 11.1 Å². The summed E-state index contributed by atoms with van der Waals surface area (Å²) in [6, 6.07) is 7.96. The maximum absolute atomic E-state index is 12.8. The summed E-state index contributed by atoms with van der Waals surface area (Å²) in [6.07, 6.45) is -4.84. The van der Waals surface area contributed by atoms with E-state index in [1.165, 1.54) is 12.1 Å². The van der Waals surface area contributed by atoms with E-state index in [1.807, 2.05) is 0 Å². The average molecular weight is 320 g/mol. The highest BCUT2D eigenvalue weighted by molar-refractivity contribution is 7.15. The molecule has 0 saturated carbocycles. The molecule has 0 unspecified atom stereocenters. The Morgan fingerprint density at radius 1 is 1.29 bits per heavy atom. The number of carbonyl (C=O) groups excluding carboxylic acids is 1. The summed E-state index contributed by atoms with van der Waals surface area (Å²) in [5.74, 6) is -0.986. The van der Waals surface area contributed by atoms with E-state index in [4.69, 9.17) is 0 Å². The third-order valence-electron chi connectivity index (χ3n) is 2.29. The smallest absolute Gasteiger partial charge is 0.435 e. The Hall–Kier alpha value is -2.16. The first-order valence-corrected chi connectivity index (χ1v) is 6.36. The number of rotatable bonds is 4. The van der Waals surface area contributed by atoms with E-state index in [0.717, 1.165) is 0 Å². The Labute approximate surface area is 120 Å². The maximum atomic E-state index is 12.8. The molecule has 1 aromatic carbocycles. The highest BCUT2D eigenvalue weighted by Crippen LogP contribution is 2.37. The highest BCUT2D eigenvalue weighted by atomic mass is 32.1. The molecule has 1 amide bonds. The van der Waals surface area contributed by atoms with Crippen molar-refractivity contribution >= 4 is 22.9 Å². The molecule has 2 rings (SSSR count). The van der Waals surface area contributed by atoms with Crippen LogP contribution < -0.4 is 10.1 Å². The van der Waals surface area contributed by atoms with Gasteiger partial charge in [-0.3, -0.25) is 4.79 Å². The number of thiazole rings is 1. The van der Waals surface area contributed by atoms with Gasteiger partial charge in [-0.2, -0.15) is 18.2 Å². The summed E-state index contributed by atoms with van der Waals surface area (Å²) >= 11 is 0.333. The van der Waals surface area contributed by atoms with E-state index >= 15 is 0 Å². The minimum atomic E-state index is -4.84. The van der Waals surface area contributed by atoms with Crippen LogP contribution in [0.2, 0.25) is 0 Å². The van der Waals surface area contributed by atoms with Crippen molar-refractivity contribution in [2.75, 3.05) is 12.2 Å². The number of aromatic nitrogens is 1. The fourth-order valence-corrected chi connectivity index (χ4v) is 2.28. The molecule has 0 aliphatic rings. The predicted molar refractivity (Wildman–Crippen MR) is 68.1 cm³/mol. The van der Waals surface area contributed by atoms with Crippen LogP contribution in [0.15, 0.2) is 30.3 Å². The Morgan fingerprint density at radius 3 is 2.52 bits per heavy atom. The molecule has 112 valence electrons. The first-order valence-electron chi connectivity index (χ1n) is 5.55. The molecule has 0 atom stereocenters. The van der Waals surface area contributed by atoms with E-state index in [2.05, 4.69) is 15.0 Å². The Morgan fingerprint density at radius 2 is 1.95 bits per heavy atom. The Bertz CT molecular complexity index is 628. The van der Waals surface area contributed by atoms with E-state index in [9.17, 15) is 22.4 Å². The van der Waals surface area contributed by atoms with E-state index in [0.29, 0.717) is 17.0 Å². The van der Waals surface area contributed by atoms with Gasteiger partial charge in [-0.25, -0.2) is 4.39 Å². The van der Waals surface area contributed by atoms with Crippen molar-refractivity contribution < 1.29 is 27.1 Å². The van der Waals surface area contributed by atoms with E-state index in [-0.39, 0.29) is 0 Å². The Kier molecular flexibility index (Phi) is 4.41. The van der Waals surface area contributed by atoms with Crippen LogP contribution in [0.4, 0.5) is 23.2 Å². The van der Waals surface area contributed by atoms with Crippen molar-refractivity contribution in [3.63, 3.8) is 0 Å². The molecular formula is C12H8F4N2O2S. The van der Waals surface area contributed by atoms with Gasteiger partial charge in [0, 0.05) is 5.69 Å². The number of carbonyl (C=O) groups is 1. The molecule has 1 N–H and O–H groups in total. The number of hydrogen-bond donors (Lipinski definition) is 1. The second kappa shape index (κ2) is 6.08. The van der Waals surface area contributed by atoms with Gasteiger partial charge in [0.2, 0.25) is 6.86 Å². The van der Waals surface area contributed by atoms with Crippen molar-refractivity contribution in [2.24, 2.45) is 0 Å². The number of hydrogen-bond acceptors (Lipinski definition) is 4. The van der Waals surface area contributed by atoms with Gasteiger partial charge >= 0.3 is 6.18 Å². The predicted octanol–water partition coefficient (Wildman–Crippen LogP) is 3.72. The molecule has 0 bridgehead atoms. The number of alkyl halides is 4. The van der Waals surface area contributed by atoms with Crippen molar-refractivity contribution in [1.82, 2.24) is 4.98 Å². The minimum Gasteiger partial charge on any atom is -0.438 e. The van der Waals surface area contributed by atoms with Crippen LogP contribution in [-0.2, 0) is 6.18 Å². The summed E-state index contributed by atoms with van der Waals surface area (Å²) in [7, 11) is 0. The quantitative estimate of drug-likeness (QED) is 0.874. The molecule has 0 aliphatic carbocycles. The lowest BCUT2D eigenvalue weighted by Gasteiger charge is -2.06. The number of amides is 1. The van der Waals surface area contributed by atoms with Gasteiger partial charge in [0.15, 0.2) is 5.69 Å². The van der Waals surface area contributed by atoms with Crippen molar-refractivity contribution in [1.29, 1.82) is 0 Å². The SMILES string of the molecule is O=C(Nc1ccccc1)c1sc(OCF)nc1C(F)(F)F. The number of benzene rings is 1. The number of halogens is 4. The van der Waals surface area contributed by atoms with Gasteiger partial charge in [-0.15, -0.1) is 0 Å². The molecule has 0 spiro atoms. The van der Waals surface area contributed by atoms with Crippen LogP contribution in [-0.4, -0.2) is 17.8 Å². The zero-order valence-corrected chi connectivity index (χ0v) is 11.1. The molecule has 2 aromatic rings. The number of anilines is 1. The third-order valence-corrected chi connectivity index (χ3v) is 3.26. The first-order chi connectivity index (χ1) is 9.91. The van der Waals surface area contributed by atoms with Crippen molar-refractivity contribution in [3.8, 4) is 5.19 Å². The lowest BCUT2D eigenvalue weighted by atomic mass is 10.3. The summed E-state index contributed by atoms with van der Waals surface area (Å²) in [6.45, 7) is -1.33. The summed E-state index contributed by atoms with van der Waals surface area (Å²) in [5.41, 5.74) is -1.07. The van der Waals surface area contributed by atoms with Gasteiger partial charge in [-0.05, 0) is 12.1 Å². The molecule has 0 saturated heterocycles. The molecule has 0 radical (unpaired) electrons. The zero-order valence-electron chi connectivity index (χ0n) is 10.3. The van der Waals surface area contributed by atoms with Crippen LogP contribution in [0.5, 0.6) is 5.19 Å². The topological polar surface area (TPSA) is 51.2 Å². The minimum absolute atomic E-state index is 0.331. The monoisotopic (exact) mass is 320 g/mol. The average Bonchev–Trinajstić information content (AvgIpc) is 2.84. The van der Waals surface area contributed by atoms with Crippen LogP contribution in [0, 0.1) is 0 Å². The zero-order chi connectivity index (χ0) is 15.5. The van der Waals surface area contributed by atoms with Crippen molar-refractivity contribution in [3.05, 3.63) is 40.9 Å². The first kappa shape index (κ1) is 15.2. The third kappa shape index (κ3) is 3.69. The lowest BCUT2D eigenvalue weighted by Crippen LogP contribution is -2.17. The highest BCUT2D eigenvalue weighted by Gasteiger charge is 2.40. The molecule has 9 heteroatoms. The maximum Gasteiger partial charge on any atom is 0.435 e. The number of para-hydroxylation sites is 1. The number of nitrogens with one attached hydrogen (secondary N) is 1. The fourth-order valence-electron chi connectivity index (χ4n) is 1.46. The number of ether oxygens (including phenoxy) is 1. The van der Waals surface area contributed by atoms with Crippen LogP contribution in [0.3, 0.4) is 0 Å². The summed E-state index contributed by atoms with van der Waals surface area (Å²) in [4.78, 5) is 14.3. The van der Waals surface area contributed by atoms with Gasteiger partial charge in [0.1, 0.15) is 4.88 Å². The summed E-state index contributed by atoms with van der Waals surface area (Å²) in [5, 5.41) is 1.76. The summed E-state index contributed by atoms with van der Waals surface area (Å²) < 4.78 is 54.8. The molecule has 1 aromatic heterocycles. The molecule has 1 heterocycles. The standard InChI is InChI=1S/C12H8F4N2O2S/c13-6-20-11-18-9(12(14,15)16)8(21-11)10(19)17-7-4-2-1-3-5-7/h1-5H,6H2,(H,17,19). The van der Waals surface area contributed by atoms with Crippen LogP contribution >= 0.6 is 11.3 Å². The van der Waals surface area contributed by atoms with Gasteiger partial charge < -0.3 is 10.1 Å². The van der Waals surface area contributed by atoms with Gasteiger partial charge in [-0.1, -0.05) is 29.5 Å². The molecular weight excluding hydrogens is 312 g/mol. The van der Waals surface area contributed by atoms with E-state index < -0.39 is 34.7 Å². The second-order valence-electron chi connectivity index (χ2n) is 3.73. The van der Waals surface area contributed by atoms with E-state index in [1.54, 1.807) is 18.2 Å². The largest absolute Gasteiger partial charge is 0.438 e. The van der Waals surface area contributed by atoms with Crippen molar-refractivity contribution in [2.45, 2.75) is 6.18 Å². The fraction of sp³-hybridized carbons (Fsp3) is 0.167. The lowest BCUT2D eigenvalue weighted by molar-refractivity contribution is -0.141. The molecule has 0 aliphatic heterocycles. The van der Waals surface area contributed by atoms with Crippen LogP contribution in [0.1, 0.15) is 15.4 Å². The van der Waals surface area contributed by atoms with Crippen LogP contribution in [0.25, 0.3) is 0 Å².